The second-order valence-corrected chi connectivity index (χ2v) is 7.14. The van der Waals surface area contributed by atoms with E-state index in [4.69, 9.17) is 9.47 Å². The predicted octanol–water partition coefficient (Wildman–Crippen LogP) is 3.48. The molecule has 1 amide bonds. The van der Waals surface area contributed by atoms with Crippen molar-refractivity contribution < 1.29 is 23.9 Å². The third-order valence-corrected chi connectivity index (χ3v) is 5.09. The zero-order valence-electron chi connectivity index (χ0n) is 16.9. The highest BCUT2D eigenvalue weighted by Crippen LogP contribution is 2.33. The average molecular weight is 395 g/mol. The molecule has 0 spiro atoms. The molecule has 29 heavy (non-hydrogen) atoms. The van der Waals surface area contributed by atoms with Crippen LogP contribution in [0.1, 0.15) is 34.8 Å². The molecule has 2 aromatic carbocycles. The maximum Gasteiger partial charge on any atom is 0.311 e. The van der Waals surface area contributed by atoms with Crippen molar-refractivity contribution in [3.8, 4) is 5.75 Å². The van der Waals surface area contributed by atoms with E-state index in [0.717, 1.165) is 11.1 Å². The summed E-state index contributed by atoms with van der Waals surface area (Å²) >= 11 is 0. The first-order chi connectivity index (χ1) is 13.9. The molecule has 3 rings (SSSR count). The number of para-hydroxylation sites is 2. The highest BCUT2D eigenvalue weighted by molar-refractivity contribution is 6.01. The number of esters is 1. The number of rotatable bonds is 7. The van der Waals surface area contributed by atoms with Crippen molar-refractivity contribution >= 4 is 23.3 Å². The largest absolute Gasteiger partial charge is 0.492 e. The lowest BCUT2D eigenvalue weighted by molar-refractivity contribution is -0.147. The first-order valence-corrected chi connectivity index (χ1v) is 9.70. The van der Waals surface area contributed by atoms with E-state index in [1.807, 2.05) is 39.0 Å². The molecule has 152 valence electrons. The van der Waals surface area contributed by atoms with E-state index in [1.165, 1.54) is 0 Å². The van der Waals surface area contributed by atoms with Crippen molar-refractivity contribution in [2.75, 3.05) is 24.7 Å². The molecule has 1 aliphatic heterocycles. The van der Waals surface area contributed by atoms with Gasteiger partial charge in [-0.3, -0.25) is 14.4 Å². The summed E-state index contributed by atoms with van der Waals surface area (Å²) in [5, 5.41) is 0. The van der Waals surface area contributed by atoms with E-state index in [1.54, 1.807) is 29.2 Å². The molecule has 0 aromatic heterocycles. The van der Waals surface area contributed by atoms with Crippen molar-refractivity contribution in [1.29, 1.82) is 0 Å². The lowest BCUT2D eigenvalue weighted by Gasteiger charge is -2.19. The van der Waals surface area contributed by atoms with Crippen LogP contribution in [0.3, 0.4) is 0 Å². The average Bonchev–Trinajstić information content (AvgIpc) is 3.10. The Balaban J connectivity index is 1.62. The Hall–Kier alpha value is -3.15. The van der Waals surface area contributed by atoms with Crippen LogP contribution in [0, 0.1) is 19.8 Å². The number of carbonyl (C=O) groups is 3. The van der Waals surface area contributed by atoms with Crippen LogP contribution in [0.4, 0.5) is 5.69 Å². The van der Waals surface area contributed by atoms with Crippen LogP contribution in [-0.2, 0) is 14.3 Å². The van der Waals surface area contributed by atoms with Crippen molar-refractivity contribution in [1.82, 2.24) is 0 Å². The molecular weight excluding hydrogens is 370 g/mol. The Morgan fingerprint density at radius 2 is 1.86 bits per heavy atom. The number of anilines is 1. The summed E-state index contributed by atoms with van der Waals surface area (Å²) < 4.78 is 10.8. The first-order valence-electron chi connectivity index (χ1n) is 9.70. The fraction of sp³-hybridized carbons (Fsp3) is 0.348. The molecule has 1 fully saturated rings. The lowest BCUT2D eigenvalue weighted by Crippen LogP contribution is -2.27. The zero-order valence-corrected chi connectivity index (χ0v) is 16.9. The number of carbonyl (C=O) groups excluding carboxylic acids is 3. The van der Waals surface area contributed by atoms with E-state index in [-0.39, 0.29) is 31.3 Å². The normalized spacial score (nSPS) is 16.0. The number of ether oxygens (including phenoxy) is 2. The minimum Gasteiger partial charge on any atom is -0.492 e. The molecule has 0 aliphatic carbocycles. The van der Waals surface area contributed by atoms with E-state index >= 15 is 0 Å². The number of amides is 1. The molecule has 0 unspecified atom stereocenters. The predicted molar refractivity (Wildman–Crippen MR) is 109 cm³/mol. The quantitative estimate of drug-likeness (QED) is 0.530. The monoisotopic (exact) mass is 395 g/mol. The molecule has 1 heterocycles. The van der Waals surface area contributed by atoms with Crippen molar-refractivity contribution in [3.05, 3.63) is 59.2 Å². The molecule has 6 heteroatoms. The number of nitrogens with zero attached hydrogens (tertiary/aromatic N) is 1. The van der Waals surface area contributed by atoms with E-state index in [9.17, 15) is 14.4 Å². The van der Waals surface area contributed by atoms with Gasteiger partial charge in [0.15, 0.2) is 12.4 Å². The number of aryl methyl sites for hydroxylation is 2. The Morgan fingerprint density at radius 3 is 2.59 bits per heavy atom. The molecule has 6 nitrogen and oxygen atoms in total. The van der Waals surface area contributed by atoms with Crippen molar-refractivity contribution in [2.45, 2.75) is 27.2 Å². The molecular formula is C23H25NO5. The second-order valence-electron chi connectivity index (χ2n) is 7.14. The Morgan fingerprint density at radius 1 is 1.10 bits per heavy atom. The fourth-order valence-corrected chi connectivity index (χ4v) is 3.31. The van der Waals surface area contributed by atoms with Crippen LogP contribution in [0.5, 0.6) is 5.75 Å². The lowest BCUT2D eigenvalue weighted by atomic mass is 10.0. The third-order valence-electron chi connectivity index (χ3n) is 5.09. The number of hydrogen-bond donors (Lipinski definition) is 0. The summed E-state index contributed by atoms with van der Waals surface area (Å²) in [5.74, 6) is -0.970. The van der Waals surface area contributed by atoms with Crippen LogP contribution in [0.15, 0.2) is 42.5 Å². The minimum atomic E-state index is -0.607. The molecule has 1 saturated heterocycles. The van der Waals surface area contributed by atoms with Crippen LogP contribution in [0.25, 0.3) is 0 Å². The standard InChI is InChI=1S/C23H25NO5/c1-4-28-21-8-6-5-7-19(21)24-13-18(12-22(24)26)23(27)29-14-20(25)17-10-9-15(2)16(3)11-17/h5-11,18H,4,12-14H2,1-3H3/t18-/m0/s1. The summed E-state index contributed by atoms with van der Waals surface area (Å²) in [4.78, 5) is 38.8. The SMILES string of the molecule is CCOc1ccccc1N1C[C@@H](C(=O)OCC(=O)c2ccc(C)c(C)c2)CC1=O. The first kappa shape index (κ1) is 20.6. The van der Waals surface area contributed by atoms with E-state index < -0.39 is 11.9 Å². The van der Waals surface area contributed by atoms with E-state index in [0.29, 0.717) is 23.6 Å². The van der Waals surface area contributed by atoms with Gasteiger partial charge in [0.2, 0.25) is 5.91 Å². The summed E-state index contributed by atoms with van der Waals surface area (Å²) in [7, 11) is 0. The molecule has 2 aromatic rings. The maximum atomic E-state index is 12.5. The number of hydrogen-bond acceptors (Lipinski definition) is 5. The maximum absolute atomic E-state index is 12.5. The summed E-state index contributed by atoms with van der Waals surface area (Å²) in [6.45, 7) is 6.12. The van der Waals surface area contributed by atoms with Gasteiger partial charge in [-0.2, -0.15) is 0 Å². The van der Waals surface area contributed by atoms with Gasteiger partial charge in [0.25, 0.3) is 0 Å². The van der Waals surface area contributed by atoms with Crippen molar-refractivity contribution in [2.24, 2.45) is 5.92 Å². The van der Waals surface area contributed by atoms with Gasteiger partial charge in [0, 0.05) is 18.5 Å². The van der Waals surface area contributed by atoms with Crippen molar-refractivity contribution in [3.63, 3.8) is 0 Å². The third kappa shape index (κ3) is 4.65. The fourth-order valence-electron chi connectivity index (χ4n) is 3.31. The Bertz CT molecular complexity index is 937. The van der Waals surface area contributed by atoms with E-state index in [2.05, 4.69) is 0 Å². The minimum absolute atomic E-state index is 0.0527. The summed E-state index contributed by atoms with van der Waals surface area (Å²) in [6, 6.07) is 12.6. The second kappa shape index (κ2) is 8.90. The van der Waals surface area contributed by atoms with Crippen LogP contribution in [0.2, 0.25) is 0 Å². The zero-order chi connectivity index (χ0) is 21.0. The highest BCUT2D eigenvalue weighted by atomic mass is 16.5. The van der Waals surface area contributed by atoms with Crippen LogP contribution >= 0.6 is 0 Å². The van der Waals surface area contributed by atoms with Gasteiger partial charge < -0.3 is 14.4 Å². The molecule has 1 aliphatic rings. The van der Waals surface area contributed by atoms with Gasteiger partial charge in [0.1, 0.15) is 5.75 Å². The highest BCUT2D eigenvalue weighted by Gasteiger charge is 2.37. The number of Topliss-reactive ketones (excluding diaryl/α,β-unsaturated/α-hetero) is 1. The Kier molecular flexibility index (Phi) is 6.32. The number of benzene rings is 2. The van der Waals surface area contributed by atoms with Gasteiger partial charge >= 0.3 is 5.97 Å². The van der Waals surface area contributed by atoms with Gasteiger partial charge in [0.05, 0.1) is 18.2 Å². The smallest absolute Gasteiger partial charge is 0.311 e. The summed E-state index contributed by atoms with van der Waals surface area (Å²) in [5.41, 5.74) is 3.25. The molecule has 1 atom stereocenters. The van der Waals surface area contributed by atoms with Crippen LogP contribution in [-0.4, -0.2) is 37.4 Å². The molecule has 0 saturated carbocycles. The summed E-state index contributed by atoms with van der Waals surface area (Å²) in [6.07, 6.45) is 0.0527. The molecule has 0 radical (unpaired) electrons. The Labute approximate surface area is 170 Å². The van der Waals surface area contributed by atoms with Gasteiger partial charge in [-0.25, -0.2) is 0 Å². The molecule has 0 bridgehead atoms. The van der Waals surface area contributed by atoms with Gasteiger partial charge in [-0.05, 0) is 50.1 Å². The topological polar surface area (TPSA) is 72.9 Å². The number of ketones is 1. The van der Waals surface area contributed by atoms with Gasteiger partial charge in [-0.1, -0.05) is 24.3 Å². The van der Waals surface area contributed by atoms with Crippen LogP contribution < -0.4 is 9.64 Å². The molecule has 0 N–H and O–H groups in total. The van der Waals surface area contributed by atoms with Gasteiger partial charge in [-0.15, -0.1) is 0 Å².